The summed E-state index contributed by atoms with van der Waals surface area (Å²) in [6.45, 7) is 8.93. The summed E-state index contributed by atoms with van der Waals surface area (Å²) in [6, 6.07) is 0. The van der Waals surface area contributed by atoms with E-state index >= 15 is 0 Å². The van der Waals surface area contributed by atoms with Crippen molar-refractivity contribution in [3.63, 3.8) is 0 Å². The van der Waals surface area contributed by atoms with E-state index in [4.69, 9.17) is 14.2 Å². The van der Waals surface area contributed by atoms with Gasteiger partial charge in [-0.1, -0.05) is 195 Å². The molecule has 0 unspecified atom stereocenters. The van der Waals surface area contributed by atoms with Crippen LogP contribution in [0.4, 0.5) is 0 Å². The summed E-state index contributed by atoms with van der Waals surface area (Å²) in [5.41, 5.74) is 0. The Hall–Kier alpha value is -1.59. The number of carbonyl (C=O) groups is 3. The zero-order valence-corrected chi connectivity index (χ0v) is 33.1. The van der Waals surface area contributed by atoms with E-state index in [0.29, 0.717) is 19.3 Å². The average Bonchev–Trinajstić information content (AvgIpc) is 3.08. The number of hydrogen-bond acceptors (Lipinski definition) is 6. The molecule has 290 valence electrons. The van der Waals surface area contributed by atoms with E-state index < -0.39 is 6.10 Å². The lowest BCUT2D eigenvalue weighted by molar-refractivity contribution is -0.167. The molecule has 0 saturated carbocycles. The van der Waals surface area contributed by atoms with E-state index in [2.05, 4.69) is 27.7 Å². The summed E-state index contributed by atoms with van der Waals surface area (Å²) < 4.78 is 16.6. The molecule has 0 heterocycles. The van der Waals surface area contributed by atoms with Crippen LogP contribution in [0.25, 0.3) is 0 Å². The van der Waals surface area contributed by atoms with Crippen molar-refractivity contribution in [3.05, 3.63) is 0 Å². The first-order valence-corrected chi connectivity index (χ1v) is 21.4. The van der Waals surface area contributed by atoms with E-state index in [1.807, 2.05) is 0 Å². The zero-order chi connectivity index (χ0) is 36.0. The molecule has 0 bridgehead atoms. The van der Waals surface area contributed by atoms with Crippen molar-refractivity contribution in [1.29, 1.82) is 0 Å². The number of carbonyl (C=O) groups excluding carboxylic acids is 3. The van der Waals surface area contributed by atoms with Gasteiger partial charge < -0.3 is 14.2 Å². The minimum absolute atomic E-state index is 0.0647. The maximum Gasteiger partial charge on any atom is 0.306 e. The third-order valence-corrected chi connectivity index (χ3v) is 9.54. The monoisotopic (exact) mass is 695 g/mol. The van der Waals surface area contributed by atoms with Gasteiger partial charge in [-0.25, -0.2) is 0 Å². The predicted octanol–water partition coefficient (Wildman–Crippen LogP) is 13.2. The first kappa shape index (κ1) is 47.4. The number of hydrogen-bond donors (Lipinski definition) is 0. The Balaban J connectivity index is 4.34. The van der Waals surface area contributed by atoms with Gasteiger partial charge in [0, 0.05) is 19.3 Å². The molecule has 0 aliphatic carbocycles. The van der Waals surface area contributed by atoms with Crippen LogP contribution >= 0.6 is 0 Å². The van der Waals surface area contributed by atoms with Crippen molar-refractivity contribution >= 4 is 17.9 Å². The SMILES string of the molecule is CCCCCCCCCCCCC(=O)OC[C@@H](COC(=O)CCCCCCCCCCC)OC(=O)CCCCCCCCCCCC(C)C. The Morgan fingerprint density at radius 3 is 1.00 bits per heavy atom. The maximum atomic E-state index is 12.6. The number of rotatable bonds is 38. The lowest BCUT2D eigenvalue weighted by atomic mass is 10.0. The quantitative estimate of drug-likeness (QED) is 0.0364. The summed E-state index contributed by atoms with van der Waals surface area (Å²) in [4.78, 5) is 37.5. The van der Waals surface area contributed by atoms with E-state index in [0.717, 1.165) is 63.7 Å². The highest BCUT2D eigenvalue weighted by molar-refractivity contribution is 5.71. The molecule has 0 spiro atoms. The van der Waals surface area contributed by atoms with Gasteiger partial charge in [0.1, 0.15) is 13.2 Å². The Labute approximate surface area is 304 Å². The van der Waals surface area contributed by atoms with Crippen LogP contribution in [-0.4, -0.2) is 37.2 Å². The molecule has 0 aliphatic heterocycles. The molecule has 0 aromatic rings. The summed E-state index contributed by atoms with van der Waals surface area (Å²) >= 11 is 0. The summed E-state index contributed by atoms with van der Waals surface area (Å²) in [5.74, 6) is -0.0568. The van der Waals surface area contributed by atoms with E-state index in [9.17, 15) is 14.4 Å². The van der Waals surface area contributed by atoms with Crippen LogP contribution in [0.2, 0.25) is 0 Å². The molecule has 0 rings (SSSR count). The highest BCUT2D eigenvalue weighted by Crippen LogP contribution is 2.15. The smallest absolute Gasteiger partial charge is 0.306 e. The maximum absolute atomic E-state index is 12.6. The fourth-order valence-electron chi connectivity index (χ4n) is 6.27. The molecule has 1 atom stereocenters. The van der Waals surface area contributed by atoms with Gasteiger partial charge in [0.05, 0.1) is 0 Å². The second-order valence-corrected chi connectivity index (χ2v) is 15.1. The van der Waals surface area contributed by atoms with E-state index in [1.165, 1.54) is 128 Å². The molecule has 0 amide bonds. The average molecular weight is 695 g/mol. The van der Waals surface area contributed by atoms with Gasteiger partial charge in [0.15, 0.2) is 6.10 Å². The second kappa shape index (κ2) is 37.7. The van der Waals surface area contributed by atoms with Gasteiger partial charge in [0.2, 0.25) is 0 Å². The van der Waals surface area contributed by atoms with Crippen LogP contribution in [0.1, 0.15) is 233 Å². The molecule has 49 heavy (non-hydrogen) atoms. The molecule has 0 fully saturated rings. The Bertz CT molecular complexity index is 736. The number of esters is 3. The van der Waals surface area contributed by atoms with Gasteiger partial charge >= 0.3 is 17.9 Å². The van der Waals surface area contributed by atoms with Crippen LogP contribution < -0.4 is 0 Å². The Morgan fingerprint density at radius 2 is 0.673 bits per heavy atom. The first-order chi connectivity index (χ1) is 23.9. The molecule has 0 radical (unpaired) electrons. The molecule has 0 aliphatic rings. The van der Waals surface area contributed by atoms with Gasteiger partial charge in [-0.2, -0.15) is 0 Å². The van der Waals surface area contributed by atoms with Crippen molar-refractivity contribution in [2.24, 2.45) is 5.92 Å². The first-order valence-electron chi connectivity index (χ1n) is 21.4. The Morgan fingerprint density at radius 1 is 0.388 bits per heavy atom. The van der Waals surface area contributed by atoms with Crippen LogP contribution in [-0.2, 0) is 28.6 Å². The normalized spacial score (nSPS) is 11.9. The summed E-state index contributed by atoms with van der Waals surface area (Å²) in [6.07, 6.45) is 35.2. The third-order valence-electron chi connectivity index (χ3n) is 9.54. The molecular weight excluding hydrogens is 612 g/mol. The van der Waals surface area contributed by atoms with Crippen molar-refractivity contribution in [2.45, 2.75) is 239 Å². The fraction of sp³-hybridized carbons (Fsp3) is 0.930. The number of unbranched alkanes of at least 4 members (excludes halogenated alkanes) is 25. The van der Waals surface area contributed by atoms with Crippen LogP contribution in [0.5, 0.6) is 0 Å². The Kier molecular flexibility index (Phi) is 36.4. The van der Waals surface area contributed by atoms with Crippen LogP contribution in [0.3, 0.4) is 0 Å². The minimum Gasteiger partial charge on any atom is -0.462 e. The summed E-state index contributed by atoms with van der Waals surface area (Å²) in [7, 11) is 0. The van der Waals surface area contributed by atoms with Crippen molar-refractivity contribution in [3.8, 4) is 0 Å². The molecule has 6 heteroatoms. The van der Waals surface area contributed by atoms with Crippen LogP contribution in [0.15, 0.2) is 0 Å². The molecular formula is C43H82O6. The van der Waals surface area contributed by atoms with Crippen molar-refractivity contribution in [2.75, 3.05) is 13.2 Å². The molecule has 0 N–H and O–H groups in total. The topological polar surface area (TPSA) is 78.9 Å². The van der Waals surface area contributed by atoms with Crippen molar-refractivity contribution < 1.29 is 28.6 Å². The van der Waals surface area contributed by atoms with Gasteiger partial charge in [-0.15, -0.1) is 0 Å². The van der Waals surface area contributed by atoms with Gasteiger partial charge in [-0.05, 0) is 25.2 Å². The highest BCUT2D eigenvalue weighted by atomic mass is 16.6. The second-order valence-electron chi connectivity index (χ2n) is 15.1. The van der Waals surface area contributed by atoms with Crippen molar-refractivity contribution in [1.82, 2.24) is 0 Å². The molecule has 6 nitrogen and oxygen atoms in total. The lowest BCUT2D eigenvalue weighted by Gasteiger charge is -2.18. The molecule has 0 aromatic carbocycles. The highest BCUT2D eigenvalue weighted by Gasteiger charge is 2.19. The molecule has 0 saturated heterocycles. The summed E-state index contributed by atoms with van der Waals surface area (Å²) in [5, 5.41) is 0. The number of ether oxygens (including phenoxy) is 3. The zero-order valence-electron chi connectivity index (χ0n) is 33.1. The van der Waals surface area contributed by atoms with Gasteiger partial charge in [-0.3, -0.25) is 14.4 Å². The van der Waals surface area contributed by atoms with Crippen LogP contribution in [0, 0.1) is 5.92 Å². The largest absolute Gasteiger partial charge is 0.462 e. The third kappa shape index (κ3) is 37.5. The predicted molar refractivity (Wildman–Crippen MR) is 206 cm³/mol. The minimum atomic E-state index is -0.757. The fourth-order valence-corrected chi connectivity index (χ4v) is 6.27. The standard InChI is InChI=1S/C43H82O6/c1-5-7-9-11-13-15-19-23-27-31-35-42(45)48-38-40(37-47-41(44)34-30-26-22-17-14-12-10-8-6-2)49-43(46)36-32-28-24-20-16-18-21-25-29-33-39(3)4/h39-40H,5-38H2,1-4H3/t40-/m1/s1. The van der Waals surface area contributed by atoms with E-state index in [1.54, 1.807) is 0 Å². The van der Waals surface area contributed by atoms with Gasteiger partial charge in [0.25, 0.3) is 0 Å². The van der Waals surface area contributed by atoms with E-state index in [-0.39, 0.29) is 31.1 Å². The molecule has 0 aromatic heterocycles. The lowest BCUT2D eigenvalue weighted by Crippen LogP contribution is -2.30.